The second-order valence-electron chi connectivity index (χ2n) is 17.5. The van der Waals surface area contributed by atoms with E-state index in [1.807, 2.05) is 65.8 Å². The number of hydrogen-bond acceptors (Lipinski definition) is 2. The van der Waals surface area contributed by atoms with E-state index in [9.17, 15) is 4.79 Å². The van der Waals surface area contributed by atoms with Gasteiger partial charge in [0.25, 0.3) is 0 Å². The van der Waals surface area contributed by atoms with Crippen LogP contribution in [-0.4, -0.2) is 25.1 Å². The minimum absolute atomic E-state index is 0.105. The quantitative estimate of drug-likeness (QED) is 0.0789. The third kappa shape index (κ3) is 7.43. The first-order chi connectivity index (χ1) is 30.9. The number of H-pyrrole nitrogens is 4. The number of aromatic amines is 4. The lowest BCUT2D eigenvalue weighted by Crippen LogP contribution is -2.21. The lowest BCUT2D eigenvalue weighted by Gasteiger charge is -2.16. The Morgan fingerprint density at radius 3 is 0.908 bits per heavy atom. The molecule has 1 aliphatic heterocycles. The van der Waals surface area contributed by atoms with Gasteiger partial charge in [0.2, 0.25) is 0 Å². The van der Waals surface area contributed by atoms with Crippen molar-refractivity contribution in [2.75, 3.05) is 0 Å². The van der Waals surface area contributed by atoms with Crippen molar-refractivity contribution in [2.24, 2.45) is 0 Å². The Hall–Kier alpha value is -6.78. The van der Waals surface area contributed by atoms with Crippen LogP contribution in [0.3, 0.4) is 0 Å². The molecular weight excluding hydrogens is 841 g/mol. The zero-order valence-corrected chi connectivity index (χ0v) is 38.7. The number of carbonyl (C=O) groups is 1. The third-order valence-corrected chi connectivity index (χ3v) is 13.2. The fourth-order valence-electron chi connectivity index (χ4n) is 10.2. The lowest BCUT2D eigenvalue weighted by molar-refractivity contribution is -0.109. The number of thioether (sulfide) groups is 1. The van der Waals surface area contributed by atoms with Crippen LogP contribution in [0.2, 0.25) is 0 Å². The molecule has 0 saturated heterocycles. The summed E-state index contributed by atoms with van der Waals surface area (Å²) in [6.07, 6.45) is 0. The summed E-state index contributed by atoms with van der Waals surface area (Å²) in [5.74, 6) is -6.56. The maximum atomic E-state index is 16.7. The molecule has 0 atom stereocenters. The molecule has 4 N–H and O–H groups in total. The molecule has 328 valence electrons. The second kappa shape index (κ2) is 16.3. The predicted octanol–water partition coefficient (Wildman–Crippen LogP) is 10.3. The number of hydrogen-bond donors (Lipinski definition) is 4. The van der Waals surface area contributed by atoms with E-state index in [1.54, 1.807) is 12.1 Å². The highest BCUT2D eigenvalue weighted by Crippen LogP contribution is 2.38. The van der Waals surface area contributed by atoms with Gasteiger partial charge in [-0.15, -0.1) is 0 Å². The minimum Gasteiger partial charge on any atom is -0.354 e. The minimum atomic E-state index is -1.66. The third-order valence-electron chi connectivity index (χ3n) is 12.4. The molecule has 8 bridgehead atoms. The first kappa shape index (κ1) is 43.5. The molecule has 0 spiro atoms. The molecule has 0 fully saturated rings. The smallest absolute Gasteiger partial charge is 0.190 e. The molecule has 0 unspecified atom stereocenters. The molecule has 1 aliphatic rings. The maximum absolute atomic E-state index is 16.7. The maximum Gasteiger partial charge on any atom is 0.190 e. The Kier molecular flexibility index (Phi) is 10.9. The Labute approximate surface area is 378 Å². The van der Waals surface area contributed by atoms with Crippen molar-refractivity contribution in [3.8, 4) is 0 Å². The van der Waals surface area contributed by atoms with Crippen molar-refractivity contribution in [1.82, 2.24) is 19.9 Å². The summed E-state index contributed by atoms with van der Waals surface area (Å²) in [5.41, 5.74) is 16.5. The Morgan fingerprint density at radius 1 is 0.385 bits per heavy atom. The number of nitrogens with one attached hydrogen (secondary N) is 4. The molecule has 5 nitrogen and oxygen atoms in total. The van der Waals surface area contributed by atoms with Gasteiger partial charge in [0.05, 0.1) is 10.5 Å². The van der Waals surface area contributed by atoms with Crippen molar-refractivity contribution in [3.63, 3.8) is 0 Å². The molecule has 4 aromatic carbocycles. The molecule has 65 heavy (non-hydrogen) atoms. The van der Waals surface area contributed by atoms with Gasteiger partial charge in [0.1, 0.15) is 0 Å². The Bertz CT molecular complexity index is 3500. The molecule has 0 saturated carbocycles. The van der Waals surface area contributed by atoms with Crippen molar-refractivity contribution in [3.05, 3.63) is 225 Å². The lowest BCUT2D eigenvalue weighted by atomic mass is 9.91. The molecule has 8 aromatic rings. The van der Waals surface area contributed by atoms with E-state index >= 15 is 17.6 Å². The number of halogens is 4. The van der Waals surface area contributed by atoms with Gasteiger partial charge in [-0.05, 0) is 173 Å². The molecule has 4 aromatic heterocycles. The number of aryl methyl sites for hydroxylation is 9. The van der Waals surface area contributed by atoms with Crippen LogP contribution in [0.1, 0.15) is 102 Å². The molecule has 0 amide bonds. The van der Waals surface area contributed by atoms with Gasteiger partial charge in [-0.2, -0.15) is 0 Å². The molecule has 0 aliphatic carbocycles. The Balaban J connectivity index is 1.50. The van der Waals surface area contributed by atoms with E-state index < -0.39 is 38.8 Å². The van der Waals surface area contributed by atoms with E-state index in [0.29, 0.717) is 11.0 Å². The highest BCUT2D eigenvalue weighted by molar-refractivity contribution is 8.13. The zero-order chi connectivity index (χ0) is 46.3. The number of rotatable bonds is 5. The predicted molar refractivity (Wildman–Crippen MR) is 253 cm³/mol. The van der Waals surface area contributed by atoms with Crippen LogP contribution in [0.25, 0.3) is 22.3 Å². The fraction of sp³-hybridized carbons (Fsp3) is 0.182. The topological polar surface area (TPSA) is 80.2 Å². The van der Waals surface area contributed by atoms with E-state index in [4.69, 9.17) is 0 Å². The molecular formula is C55H48F4N4OS. The van der Waals surface area contributed by atoms with Crippen LogP contribution < -0.4 is 21.4 Å². The first-order valence-electron chi connectivity index (χ1n) is 21.5. The van der Waals surface area contributed by atoms with Crippen molar-refractivity contribution >= 4 is 39.2 Å². The van der Waals surface area contributed by atoms with Gasteiger partial charge in [-0.1, -0.05) is 53.1 Å². The van der Waals surface area contributed by atoms with E-state index in [0.717, 1.165) is 112 Å². The van der Waals surface area contributed by atoms with Crippen LogP contribution in [0.4, 0.5) is 17.6 Å². The van der Waals surface area contributed by atoms with Crippen LogP contribution in [-0.2, 0) is 4.79 Å². The van der Waals surface area contributed by atoms with Gasteiger partial charge < -0.3 is 19.9 Å². The SMILES string of the molecule is CC(=O)Sc1c(F)c(F)c(C2=c3ccc([nH]3)=C(c3c(C)cc(C)cc3C)c3ccc([nH]3)C(c3c(C)cc(C)cc3C)=c3ccc([nH]3)=C(c3c(C)cc(C)cc3C)c3ccc2[nH]3)c(F)c1F. The Morgan fingerprint density at radius 2 is 0.646 bits per heavy atom. The van der Waals surface area contributed by atoms with Crippen LogP contribution in [0, 0.1) is 85.6 Å². The summed E-state index contributed by atoms with van der Waals surface area (Å²) < 4.78 is 65.5. The van der Waals surface area contributed by atoms with Crippen LogP contribution >= 0.6 is 11.8 Å². The monoisotopic (exact) mass is 888 g/mol. The van der Waals surface area contributed by atoms with Gasteiger partial charge in [-0.3, -0.25) is 4.79 Å². The summed E-state index contributed by atoms with van der Waals surface area (Å²) in [4.78, 5) is 25.5. The fourth-order valence-corrected chi connectivity index (χ4v) is 10.8. The van der Waals surface area contributed by atoms with Gasteiger partial charge >= 0.3 is 0 Å². The molecule has 5 heterocycles. The number of aromatic nitrogens is 4. The average Bonchev–Trinajstić information content (AvgIpc) is 4.07. The normalized spacial score (nSPS) is 12.8. The first-order valence-corrected chi connectivity index (χ1v) is 22.3. The zero-order valence-electron chi connectivity index (χ0n) is 37.9. The number of benzene rings is 4. The average molecular weight is 889 g/mol. The largest absolute Gasteiger partial charge is 0.354 e. The van der Waals surface area contributed by atoms with E-state index in [-0.39, 0.29) is 28.4 Å². The van der Waals surface area contributed by atoms with Crippen molar-refractivity contribution in [1.29, 1.82) is 0 Å². The highest BCUT2D eigenvalue weighted by Gasteiger charge is 2.31. The standard InChI is InChI=1S/C55H48F4N4OS/c1-25-19-28(4)43(29(5)20-25)46-35-11-13-37(60-35)47(44-30(6)21-26(2)22-31(44)7)39-15-17-41(62-39)49(50-51(56)53(58)55(65-34(10)64)54(59)52(50)57)42-18-16-40(63-42)48(38-14-12-36(46)61-38)45-32(8)23-27(3)24-33(45)9/h11-24,60-63H,1-10H3. The van der Waals surface area contributed by atoms with E-state index in [1.165, 1.54) is 0 Å². The summed E-state index contributed by atoms with van der Waals surface area (Å²) in [5, 5.41) is 1.69. The molecule has 0 radical (unpaired) electrons. The molecule has 9 rings (SSSR count). The van der Waals surface area contributed by atoms with Crippen molar-refractivity contribution in [2.45, 2.75) is 74.1 Å². The highest BCUT2D eigenvalue weighted by atomic mass is 32.2. The van der Waals surface area contributed by atoms with E-state index in [2.05, 4.69) is 89.2 Å². The summed E-state index contributed by atoms with van der Waals surface area (Å²) in [7, 11) is 0. The van der Waals surface area contributed by atoms with Crippen LogP contribution in [0.5, 0.6) is 0 Å². The molecule has 10 heteroatoms. The second-order valence-corrected chi connectivity index (χ2v) is 18.7. The van der Waals surface area contributed by atoms with Gasteiger partial charge in [-0.25, -0.2) is 17.6 Å². The van der Waals surface area contributed by atoms with Crippen molar-refractivity contribution < 1.29 is 22.4 Å². The summed E-state index contributed by atoms with van der Waals surface area (Å²) in [6.45, 7) is 19.7. The summed E-state index contributed by atoms with van der Waals surface area (Å²) >= 11 is 0.105. The van der Waals surface area contributed by atoms with Gasteiger partial charge in [0, 0.05) is 73.4 Å². The van der Waals surface area contributed by atoms with Crippen LogP contribution in [0.15, 0.2) is 89.8 Å². The number of carbonyl (C=O) groups excluding carboxylic acids is 1. The van der Waals surface area contributed by atoms with Gasteiger partial charge in [0.15, 0.2) is 28.4 Å². The number of fused-ring (bicyclic) bond motifs is 8. The summed E-state index contributed by atoms with van der Waals surface area (Å²) in [6, 6.07) is 28.1.